The summed E-state index contributed by atoms with van der Waals surface area (Å²) in [4.78, 5) is 16.8. The van der Waals surface area contributed by atoms with Crippen LogP contribution >= 0.6 is 0 Å². The number of nitrogens with zero attached hydrogens (tertiary/aromatic N) is 1. The molecule has 0 atom stereocenters. The Morgan fingerprint density at radius 2 is 1.69 bits per heavy atom. The summed E-state index contributed by atoms with van der Waals surface area (Å²) in [5.74, 6) is 0.984. The highest BCUT2D eigenvalue weighted by Crippen LogP contribution is 2.26. The minimum absolute atomic E-state index is 0.119. The molecule has 1 heterocycles. The molecule has 162 valence electrons. The molecule has 32 heavy (non-hydrogen) atoms. The first-order chi connectivity index (χ1) is 15.4. The van der Waals surface area contributed by atoms with E-state index in [4.69, 9.17) is 4.42 Å². The van der Waals surface area contributed by atoms with E-state index in [1.165, 1.54) is 16.7 Å². The van der Waals surface area contributed by atoms with Crippen LogP contribution in [0.3, 0.4) is 0 Å². The van der Waals surface area contributed by atoms with E-state index in [0.29, 0.717) is 18.4 Å². The average Bonchev–Trinajstić information content (AvgIpc) is 3.19. The molecule has 1 N–H and O–H groups in total. The number of carbonyl (C=O) groups excluding carboxylic acids is 1. The number of aryl methyl sites for hydroxylation is 2. The van der Waals surface area contributed by atoms with Crippen LogP contribution in [-0.4, -0.2) is 10.9 Å². The molecule has 0 radical (unpaired) electrons. The van der Waals surface area contributed by atoms with Gasteiger partial charge in [-0.15, -0.1) is 0 Å². The summed E-state index contributed by atoms with van der Waals surface area (Å²) in [6.07, 6.45) is 3.40. The Morgan fingerprint density at radius 1 is 1.00 bits per heavy atom. The van der Waals surface area contributed by atoms with Crippen LogP contribution in [0.4, 0.5) is 0 Å². The number of amides is 1. The van der Waals surface area contributed by atoms with E-state index in [9.17, 15) is 4.79 Å². The molecule has 0 fully saturated rings. The summed E-state index contributed by atoms with van der Waals surface area (Å²) < 4.78 is 5.93. The zero-order chi connectivity index (χ0) is 22.7. The molecule has 3 aromatic carbocycles. The van der Waals surface area contributed by atoms with Crippen molar-refractivity contribution in [3.05, 3.63) is 94.6 Å². The number of hydrogen-bond donors (Lipinski definition) is 1. The van der Waals surface area contributed by atoms with Crippen molar-refractivity contribution in [3.8, 4) is 11.5 Å². The number of nitrogens with one attached hydrogen (secondary N) is 1. The van der Waals surface area contributed by atoms with Gasteiger partial charge < -0.3 is 9.73 Å². The van der Waals surface area contributed by atoms with Gasteiger partial charge in [0.25, 0.3) is 0 Å². The minimum atomic E-state index is -0.119. The molecule has 0 unspecified atom stereocenters. The zero-order valence-corrected chi connectivity index (χ0v) is 19.0. The van der Waals surface area contributed by atoms with E-state index in [2.05, 4.69) is 50.1 Å². The minimum Gasteiger partial charge on any atom is -0.436 e. The van der Waals surface area contributed by atoms with Gasteiger partial charge in [0, 0.05) is 18.2 Å². The van der Waals surface area contributed by atoms with Gasteiger partial charge in [-0.3, -0.25) is 4.79 Å². The van der Waals surface area contributed by atoms with Crippen LogP contribution in [0.25, 0.3) is 28.6 Å². The van der Waals surface area contributed by atoms with Crippen LogP contribution < -0.4 is 5.32 Å². The van der Waals surface area contributed by atoms with Crippen molar-refractivity contribution in [2.45, 2.75) is 40.2 Å². The van der Waals surface area contributed by atoms with Crippen molar-refractivity contribution >= 4 is 23.1 Å². The van der Waals surface area contributed by atoms with Crippen LogP contribution in [-0.2, 0) is 11.3 Å². The number of fused-ring (bicyclic) bond motifs is 1. The highest BCUT2D eigenvalue weighted by Gasteiger charge is 2.10. The van der Waals surface area contributed by atoms with Crippen LogP contribution in [0, 0.1) is 13.8 Å². The third-order valence-corrected chi connectivity index (χ3v) is 5.70. The Kier molecular flexibility index (Phi) is 6.22. The van der Waals surface area contributed by atoms with Gasteiger partial charge in [-0.2, -0.15) is 0 Å². The van der Waals surface area contributed by atoms with E-state index < -0.39 is 0 Å². The Balaban J connectivity index is 1.36. The number of carbonyl (C=O) groups is 1. The van der Waals surface area contributed by atoms with Crippen LogP contribution in [0.5, 0.6) is 0 Å². The van der Waals surface area contributed by atoms with E-state index in [1.807, 2.05) is 54.6 Å². The molecule has 0 aliphatic heterocycles. The molecule has 1 amide bonds. The molecule has 1 aromatic heterocycles. The van der Waals surface area contributed by atoms with E-state index in [1.54, 1.807) is 6.08 Å². The lowest BCUT2D eigenvalue weighted by atomic mass is 10.0. The molecule has 0 aliphatic rings. The second-order valence-electron chi connectivity index (χ2n) is 8.49. The molecule has 4 heteroatoms. The first kappa shape index (κ1) is 21.6. The van der Waals surface area contributed by atoms with Crippen molar-refractivity contribution in [2.75, 3.05) is 0 Å². The molecular formula is C28H28N2O2. The highest BCUT2D eigenvalue weighted by atomic mass is 16.3. The maximum Gasteiger partial charge on any atom is 0.244 e. The largest absolute Gasteiger partial charge is 0.436 e. The standard InChI is InChI=1S/C28H28N2O2/c1-18(2)23-10-5-21(6-11-23)9-14-27(31)29-17-22-7-12-24(13-8-22)28-30-25-15-19(3)20(4)16-26(25)32-28/h5-16,18H,17H2,1-4H3,(H,29,31)/b14-9+. The first-order valence-corrected chi connectivity index (χ1v) is 10.9. The highest BCUT2D eigenvalue weighted by molar-refractivity contribution is 5.91. The van der Waals surface area contributed by atoms with Crippen molar-refractivity contribution in [2.24, 2.45) is 0 Å². The number of benzene rings is 3. The number of aromatic nitrogens is 1. The fourth-order valence-electron chi connectivity index (χ4n) is 3.48. The fourth-order valence-corrected chi connectivity index (χ4v) is 3.48. The molecular weight excluding hydrogens is 396 g/mol. The number of oxazole rings is 1. The molecule has 4 nitrogen and oxygen atoms in total. The molecule has 0 aliphatic carbocycles. The lowest BCUT2D eigenvalue weighted by molar-refractivity contribution is -0.116. The first-order valence-electron chi connectivity index (χ1n) is 10.9. The lowest BCUT2D eigenvalue weighted by Crippen LogP contribution is -2.20. The smallest absolute Gasteiger partial charge is 0.244 e. The van der Waals surface area contributed by atoms with Gasteiger partial charge in [0.2, 0.25) is 11.8 Å². The van der Waals surface area contributed by atoms with Gasteiger partial charge in [0.15, 0.2) is 5.58 Å². The molecule has 0 bridgehead atoms. The van der Waals surface area contributed by atoms with Gasteiger partial charge in [-0.25, -0.2) is 4.98 Å². The number of rotatable bonds is 6. The van der Waals surface area contributed by atoms with E-state index >= 15 is 0 Å². The fraction of sp³-hybridized carbons (Fsp3) is 0.214. The molecule has 0 saturated carbocycles. The van der Waals surface area contributed by atoms with Gasteiger partial charge in [0.1, 0.15) is 5.52 Å². The third kappa shape index (κ3) is 4.97. The van der Waals surface area contributed by atoms with Crippen molar-refractivity contribution in [1.82, 2.24) is 10.3 Å². The Labute approximate surface area is 189 Å². The van der Waals surface area contributed by atoms with Crippen molar-refractivity contribution in [3.63, 3.8) is 0 Å². The second kappa shape index (κ2) is 9.23. The molecule has 4 rings (SSSR count). The summed E-state index contributed by atoms with van der Waals surface area (Å²) in [7, 11) is 0. The summed E-state index contributed by atoms with van der Waals surface area (Å²) in [6.45, 7) is 8.93. The predicted molar refractivity (Wildman–Crippen MR) is 130 cm³/mol. The normalized spacial score (nSPS) is 11.5. The second-order valence-corrected chi connectivity index (χ2v) is 8.49. The summed E-state index contributed by atoms with van der Waals surface area (Å²) in [6, 6.07) is 20.2. The molecule has 4 aromatic rings. The summed E-state index contributed by atoms with van der Waals surface area (Å²) in [5, 5.41) is 2.93. The van der Waals surface area contributed by atoms with Gasteiger partial charge in [-0.05, 0) is 77.9 Å². The third-order valence-electron chi connectivity index (χ3n) is 5.70. The van der Waals surface area contributed by atoms with E-state index in [-0.39, 0.29) is 5.91 Å². The van der Waals surface area contributed by atoms with Crippen molar-refractivity contribution in [1.29, 1.82) is 0 Å². The molecule has 0 spiro atoms. The predicted octanol–water partition coefficient (Wildman–Crippen LogP) is 6.56. The van der Waals surface area contributed by atoms with E-state index in [0.717, 1.165) is 27.8 Å². The van der Waals surface area contributed by atoms with Gasteiger partial charge >= 0.3 is 0 Å². The SMILES string of the molecule is Cc1cc2nc(-c3ccc(CNC(=O)/C=C/c4ccc(C(C)C)cc4)cc3)oc2cc1C. The van der Waals surface area contributed by atoms with Crippen molar-refractivity contribution < 1.29 is 9.21 Å². The number of hydrogen-bond acceptors (Lipinski definition) is 3. The Hall–Kier alpha value is -3.66. The van der Waals surface area contributed by atoms with Crippen LogP contribution in [0.2, 0.25) is 0 Å². The maximum atomic E-state index is 12.2. The Morgan fingerprint density at radius 3 is 2.38 bits per heavy atom. The zero-order valence-electron chi connectivity index (χ0n) is 19.0. The lowest BCUT2D eigenvalue weighted by Gasteiger charge is -2.05. The quantitative estimate of drug-likeness (QED) is 0.356. The monoisotopic (exact) mass is 424 g/mol. The van der Waals surface area contributed by atoms with Gasteiger partial charge in [-0.1, -0.05) is 50.2 Å². The topological polar surface area (TPSA) is 55.1 Å². The van der Waals surface area contributed by atoms with Crippen LogP contribution in [0.15, 0.2) is 71.2 Å². The van der Waals surface area contributed by atoms with Gasteiger partial charge in [0.05, 0.1) is 0 Å². The Bertz CT molecular complexity index is 1220. The summed E-state index contributed by atoms with van der Waals surface area (Å²) in [5.41, 5.74) is 8.28. The molecule has 0 saturated heterocycles. The van der Waals surface area contributed by atoms with Crippen LogP contribution in [0.1, 0.15) is 47.6 Å². The maximum absolute atomic E-state index is 12.2. The summed E-state index contributed by atoms with van der Waals surface area (Å²) >= 11 is 0. The average molecular weight is 425 g/mol.